The van der Waals surface area contributed by atoms with Crippen molar-refractivity contribution in [2.24, 2.45) is 0 Å². The van der Waals surface area contributed by atoms with E-state index in [0.29, 0.717) is 0 Å². The van der Waals surface area contributed by atoms with Gasteiger partial charge >= 0.3 is 5.69 Å². The fourth-order valence-electron chi connectivity index (χ4n) is 2.55. The first-order chi connectivity index (χ1) is 10.7. The first-order valence-corrected chi connectivity index (χ1v) is 6.81. The lowest BCUT2D eigenvalue weighted by Crippen LogP contribution is -2.46. The minimum absolute atomic E-state index is 0.0614. The second kappa shape index (κ2) is 6.23. The lowest BCUT2D eigenvalue weighted by Gasteiger charge is -2.25. The SMILES string of the molecule is Cc1cc(=O)[nH]c(=O)n1[C@@H]1O[C@H]([C@@H](C)O)[C@H](O)C1(F)C#CCF. The van der Waals surface area contributed by atoms with Crippen LogP contribution in [0.25, 0.3) is 0 Å². The van der Waals surface area contributed by atoms with E-state index in [1.54, 1.807) is 0 Å². The number of aromatic nitrogens is 2. The lowest BCUT2D eigenvalue weighted by atomic mass is 9.94. The molecule has 1 saturated heterocycles. The molecule has 1 fully saturated rings. The van der Waals surface area contributed by atoms with Crippen LogP contribution in [0.4, 0.5) is 8.78 Å². The topological polar surface area (TPSA) is 105 Å². The molecule has 7 nitrogen and oxygen atoms in total. The zero-order valence-electron chi connectivity index (χ0n) is 12.4. The summed E-state index contributed by atoms with van der Waals surface area (Å²) in [6.45, 7) is 1.47. The molecule has 23 heavy (non-hydrogen) atoms. The Kier molecular flexibility index (Phi) is 4.70. The molecule has 1 aromatic heterocycles. The molecule has 0 amide bonds. The number of ether oxygens (including phenoxy) is 1. The normalized spacial score (nSPS) is 31.5. The van der Waals surface area contributed by atoms with E-state index >= 15 is 4.39 Å². The number of hydrogen-bond acceptors (Lipinski definition) is 5. The summed E-state index contributed by atoms with van der Waals surface area (Å²) in [6, 6.07) is 1.04. The van der Waals surface area contributed by atoms with E-state index in [1.807, 2.05) is 16.8 Å². The summed E-state index contributed by atoms with van der Waals surface area (Å²) >= 11 is 0. The molecule has 0 bridgehead atoms. The summed E-state index contributed by atoms with van der Waals surface area (Å²) in [5.41, 5.74) is -4.43. The van der Waals surface area contributed by atoms with Gasteiger partial charge in [0.15, 0.2) is 6.23 Å². The Balaban J connectivity index is 2.63. The largest absolute Gasteiger partial charge is 0.391 e. The van der Waals surface area contributed by atoms with Gasteiger partial charge in [-0.25, -0.2) is 13.6 Å². The maximum atomic E-state index is 15.2. The van der Waals surface area contributed by atoms with Crippen LogP contribution in [-0.4, -0.2) is 50.4 Å². The molecule has 1 unspecified atom stereocenters. The highest BCUT2D eigenvalue weighted by atomic mass is 19.1. The molecular formula is C14H16F2N2O5. The quantitative estimate of drug-likeness (QED) is 0.614. The van der Waals surface area contributed by atoms with Crippen molar-refractivity contribution >= 4 is 0 Å². The number of rotatable bonds is 2. The van der Waals surface area contributed by atoms with Crippen molar-refractivity contribution < 1.29 is 23.7 Å². The van der Waals surface area contributed by atoms with Gasteiger partial charge < -0.3 is 14.9 Å². The van der Waals surface area contributed by atoms with Crippen LogP contribution in [0.1, 0.15) is 18.8 Å². The predicted molar refractivity (Wildman–Crippen MR) is 75.2 cm³/mol. The van der Waals surface area contributed by atoms with E-state index in [4.69, 9.17) is 4.74 Å². The van der Waals surface area contributed by atoms with E-state index in [1.165, 1.54) is 13.8 Å². The minimum atomic E-state index is -2.83. The molecule has 1 aliphatic rings. The van der Waals surface area contributed by atoms with Crippen molar-refractivity contribution in [3.8, 4) is 11.8 Å². The Morgan fingerprint density at radius 3 is 2.74 bits per heavy atom. The molecule has 9 heteroatoms. The third kappa shape index (κ3) is 2.93. The molecule has 2 rings (SSSR count). The maximum absolute atomic E-state index is 15.2. The lowest BCUT2D eigenvalue weighted by molar-refractivity contribution is -0.0809. The molecule has 5 atom stereocenters. The Morgan fingerprint density at radius 1 is 1.57 bits per heavy atom. The van der Waals surface area contributed by atoms with Crippen molar-refractivity contribution in [1.29, 1.82) is 0 Å². The number of aliphatic hydroxyl groups excluding tert-OH is 2. The van der Waals surface area contributed by atoms with Gasteiger partial charge in [0.25, 0.3) is 5.56 Å². The molecule has 1 aromatic rings. The third-order valence-corrected chi connectivity index (χ3v) is 3.61. The molecule has 0 radical (unpaired) electrons. The van der Waals surface area contributed by atoms with Crippen LogP contribution in [0.2, 0.25) is 0 Å². The van der Waals surface area contributed by atoms with Crippen molar-refractivity contribution in [3.63, 3.8) is 0 Å². The average molecular weight is 330 g/mol. The highest BCUT2D eigenvalue weighted by molar-refractivity contribution is 5.24. The number of nitrogens with one attached hydrogen (secondary N) is 1. The fourth-order valence-corrected chi connectivity index (χ4v) is 2.55. The zero-order chi connectivity index (χ0) is 17.4. The van der Waals surface area contributed by atoms with Crippen LogP contribution in [0.5, 0.6) is 0 Å². The molecule has 0 aromatic carbocycles. The number of aromatic amines is 1. The van der Waals surface area contributed by atoms with Crippen molar-refractivity contribution in [2.75, 3.05) is 6.67 Å². The molecular weight excluding hydrogens is 314 g/mol. The molecule has 0 aliphatic carbocycles. The van der Waals surface area contributed by atoms with Crippen LogP contribution < -0.4 is 11.2 Å². The Morgan fingerprint density at radius 2 is 2.22 bits per heavy atom. The number of aliphatic hydroxyl groups is 2. The van der Waals surface area contributed by atoms with Crippen LogP contribution in [0, 0.1) is 18.8 Å². The molecule has 2 heterocycles. The summed E-state index contributed by atoms with van der Waals surface area (Å²) in [6.07, 6.45) is -6.31. The minimum Gasteiger partial charge on any atom is -0.391 e. The monoisotopic (exact) mass is 330 g/mol. The maximum Gasteiger partial charge on any atom is 0.330 e. The van der Waals surface area contributed by atoms with Gasteiger partial charge in [-0.15, -0.1) is 0 Å². The van der Waals surface area contributed by atoms with Gasteiger partial charge in [0, 0.05) is 11.8 Å². The standard InChI is InChI=1S/C14H16F2N2O5/c1-7-6-9(20)17-13(22)18(7)12-14(16,4-3-5-15)11(21)10(23-12)8(2)19/h6,8,10-12,19,21H,5H2,1-2H3,(H,17,20,22)/t8-,10-,11+,12-,14?/m1/s1. The third-order valence-electron chi connectivity index (χ3n) is 3.61. The summed E-state index contributed by atoms with van der Waals surface area (Å²) in [5.74, 6) is 3.80. The van der Waals surface area contributed by atoms with E-state index in [9.17, 15) is 24.2 Å². The van der Waals surface area contributed by atoms with Gasteiger partial charge in [-0.3, -0.25) is 14.3 Å². The van der Waals surface area contributed by atoms with Gasteiger partial charge in [-0.1, -0.05) is 11.8 Å². The van der Waals surface area contributed by atoms with Crippen LogP contribution in [0.15, 0.2) is 15.7 Å². The predicted octanol–water partition coefficient (Wildman–Crippen LogP) is -0.835. The van der Waals surface area contributed by atoms with Gasteiger partial charge in [0.2, 0.25) is 5.67 Å². The van der Waals surface area contributed by atoms with E-state index in [-0.39, 0.29) is 5.69 Å². The van der Waals surface area contributed by atoms with E-state index in [0.717, 1.165) is 10.6 Å². The van der Waals surface area contributed by atoms with Crippen molar-refractivity contribution in [1.82, 2.24) is 9.55 Å². The highest BCUT2D eigenvalue weighted by Gasteiger charge is 2.59. The number of hydrogen-bond donors (Lipinski definition) is 3. The summed E-state index contributed by atoms with van der Waals surface area (Å²) in [4.78, 5) is 25.2. The van der Waals surface area contributed by atoms with Crippen LogP contribution in [-0.2, 0) is 4.74 Å². The summed E-state index contributed by atoms with van der Waals surface area (Å²) < 4.78 is 33.6. The second-order valence-corrected chi connectivity index (χ2v) is 5.29. The van der Waals surface area contributed by atoms with Gasteiger partial charge in [0.1, 0.15) is 18.9 Å². The number of halogens is 2. The van der Waals surface area contributed by atoms with Crippen LogP contribution in [0.3, 0.4) is 0 Å². The zero-order valence-corrected chi connectivity index (χ0v) is 12.4. The molecule has 0 saturated carbocycles. The van der Waals surface area contributed by atoms with E-state index in [2.05, 4.69) is 0 Å². The van der Waals surface area contributed by atoms with Crippen molar-refractivity contribution in [2.45, 2.75) is 44.1 Å². The van der Waals surface area contributed by atoms with Gasteiger partial charge in [-0.2, -0.15) is 0 Å². The molecule has 3 N–H and O–H groups in total. The Labute approximate surface area is 129 Å². The van der Waals surface area contributed by atoms with E-state index < -0.39 is 48.1 Å². The number of H-pyrrole nitrogens is 1. The average Bonchev–Trinajstić information content (AvgIpc) is 2.70. The first-order valence-electron chi connectivity index (χ1n) is 6.81. The number of nitrogens with zero attached hydrogens (tertiary/aromatic N) is 1. The summed E-state index contributed by atoms with van der Waals surface area (Å²) in [7, 11) is 0. The highest BCUT2D eigenvalue weighted by Crippen LogP contribution is 2.42. The molecule has 126 valence electrons. The van der Waals surface area contributed by atoms with Crippen molar-refractivity contribution in [3.05, 3.63) is 32.6 Å². The number of aryl methyl sites for hydroxylation is 1. The molecule has 1 aliphatic heterocycles. The second-order valence-electron chi connectivity index (χ2n) is 5.29. The first kappa shape index (κ1) is 17.3. The number of alkyl halides is 2. The summed E-state index contributed by atoms with van der Waals surface area (Å²) in [5, 5.41) is 19.7. The van der Waals surface area contributed by atoms with Gasteiger partial charge in [0.05, 0.1) is 6.10 Å². The smallest absolute Gasteiger partial charge is 0.330 e. The van der Waals surface area contributed by atoms with Crippen LogP contribution >= 0.6 is 0 Å². The Hall–Kier alpha value is -2.02. The molecule has 0 spiro atoms. The Bertz CT molecular complexity index is 763. The van der Waals surface area contributed by atoms with Gasteiger partial charge in [-0.05, 0) is 13.8 Å². The fraction of sp³-hybridized carbons (Fsp3) is 0.571.